The maximum Gasteiger partial charge on any atom is 0.0791 e. The van der Waals surface area contributed by atoms with E-state index in [0.29, 0.717) is 5.92 Å². The summed E-state index contributed by atoms with van der Waals surface area (Å²) in [7, 11) is 0. The van der Waals surface area contributed by atoms with Crippen molar-refractivity contribution in [1.82, 2.24) is 4.98 Å². The van der Waals surface area contributed by atoms with E-state index in [0.717, 1.165) is 12.1 Å². The highest BCUT2D eigenvalue weighted by Gasteiger charge is 2.21. The number of thiophene rings is 2. The van der Waals surface area contributed by atoms with Gasteiger partial charge in [-0.15, -0.1) is 22.7 Å². The molecule has 0 aliphatic heterocycles. The van der Waals surface area contributed by atoms with Crippen molar-refractivity contribution in [1.29, 1.82) is 0 Å². The van der Waals surface area contributed by atoms with Crippen LogP contribution < -0.4 is 0 Å². The van der Waals surface area contributed by atoms with Crippen LogP contribution in [-0.4, -0.2) is 4.98 Å². The molecule has 6 aromatic rings. The highest BCUT2D eigenvalue weighted by atomic mass is 32.1. The Morgan fingerprint density at radius 2 is 1.65 bits per heavy atom. The van der Waals surface area contributed by atoms with E-state index in [1.165, 1.54) is 63.0 Å². The lowest BCUT2D eigenvalue weighted by molar-refractivity contribution is 0.596. The lowest BCUT2D eigenvalue weighted by Gasteiger charge is -2.23. The second kappa shape index (κ2) is 9.08. The van der Waals surface area contributed by atoms with Gasteiger partial charge in [-0.1, -0.05) is 71.0 Å². The molecule has 0 saturated heterocycles. The average molecular weight is 520 g/mol. The smallest absolute Gasteiger partial charge is 0.0791 e. The molecule has 3 aromatic heterocycles. The van der Waals surface area contributed by atoms with Crippen LogP contribution in [0.2, 0.25) is 0 Å². The van der Waals surface area contributed by atoms with Crippen molar-refractivity contribution in [2.24, 2.45) is 5.92 Å². The Labute approximate surface area is 227 Å². The minimum Gasteiger partial charge on any atom is -0.256 e. The van der Waals surface area contributed by atoms with Crippen molar-refractivity contribution < 1.29 is 0 Å². The number of hydrogen-bond acceptors (Lipinski definition) is 3. The molecular weight excluding hydrogens is 487 g/mol. The first-order valence-corrected chi connectivity index (χ1v) is 14.8. The SMILES string of the molecule is Cc1c(-c2cc3cc(CC(C)C)ccc3s2)sc2ccnc(-c3cc(C(C)(C)C)c4ccccc4c3)c12. The van der Waals surface area contributed by atoms with Crippen LogP contribution in [-0.2, 0) is 11.8 Å². The molecule has 3 heteroatoms. The normalized spacial score (nSPS) is 12.4. The Kier molecular flexibility index (Phi) is 5.97. The minimum absolute atomic E-state index is 0.0455. The van der Waals surface area contributed by atoms with Gasteiger partial charge in [0.2, 0.25) is 0 Å². The summed E-state index contributed by atoms with van der Waals surface area (Å²) in [4.78, 5) is 7.69. The standard InChI is InChI=1S/C34H33NS2/c1-20(2)15-22-11-12-28-24(16-22)19-30(36-28)33-21(3)31-29(37-33)13-14-35-32(31)25-17-23-9-7-8-10-26(23)27(18-25)34(4,5)6/h7-14,16-20H,15H2,1-6H3. The zero-order valence-corrected chi connectivity index (χ0v) is 24.1. The van der Waals surface area contributed by atoms with Gasteiger partial charge in [0, 0.05) is 36.3 Å². The quantitative estimate of drug-likeness (QED) is 0.226. The number of hydrogen-bond donors (Lipinski definition) is 0. The monoisotopic (exact) mass is 519 g/mol. The third kappa shape index (κ3) is 4.39. The summed E-state index contributed by atoms with van der Waals surface area (Å²) in [6, 6.07) is 25.0. The summed E-state index contributed by atoms with van der Waals surface area (Å²) >= 11 is 3.81. The topological polar surface area (TPSA) is 12.9 Å². The van der Waals surface area contributed by atoms with Crippen LogP contribution in [0.25, 0.3) is 52.0 Å². The summed E-state index contributed by atoms with van der Waals surface area (Å²) in [6.07, 6.45) is 3.10. The molecule has 0 N–H and O–H groups in total. The molecule has 3 heterocycles. The average Bonchev–Trinajstić information content (AvgIpc) is 3.43. The van der Waals surface area contributed by atoms with Gasteiger partial charge in [-0.05, 0) is 87.9 Å². The van der Waals surface area contributed by atoms with Crippen molar-refractivity contribution in [3.05, 3.63) is 89.6 Å². The van der Waals surface area contributed by atoms with Gasteiger partial charge in [0.15, 0.2) is 0 Å². The fraction of sp³-hybridized carbons (Fsp3) is 0.265. The largest absolute Gasteiger partial charge is 0.256 e. The predicted molar refractivity (Wildman–Crippen MR) is 165 cm³/mol. The molecule has 0 aliphatic carbocycles. The minimum atomic E-state index is 0.0455. The van der Waals surface area contributed by atoms with Gasteiger partial charge in [0.1, 0.15) is 0 Å². The Balaban J connectivity index is 1.52. The van der Waals surface area contributed by atoms with Crippen molar-refractivity contribution in [3.63, 3.8) is 0 Å². The Morgan fingerprint density at radius 1 is 0.838 bits per heavy atom. The first-order chi connectivity index (χ1) is 17.7. The fourth-order valence-electron chi connectivity index (χ4n) is 5.52. The Morgan fingerprint density at radius 3 is 2.43 bits per heavy atom. The summed E-state index contributed by atoms with van der Waals surface area (Å²) in [5, 5.41) is 5.25. The fourth-order valence-corrected chi connectivity index (χ4v) is 7.92. The van der Waals surface area contributed by atoms with Crippen LogP contribution in [0.4, 0.5) is 0 Å². The van der Waals surface area contributed by atoms with E-state index in [1.807, 2.05) is 28.9 Å². The van der Waals surface area contributed by atoms with Gasteiger partial charge >= 0.3 is 0 Å². The molecule has 6 rings (SSSR count). The molecule has 0 saturated carbocycles. The van der Waals surface area contributed by atoms with E-state index in [-0.39, 0.29) is 5.41 Å². The maximum atomic E-state index is 4.97. The molecule has 0 spiro atoms. The van der Waals surface area contributed by atoms with Crippen molar-refractivity contribution in [2.75, 3.05) is 0 Å². The van der Waals surface area contributed by atoms with Crippen LogP contribution >= 0.6 is 22.7 Å². The molecule has 0 atom stereocenters. The van der Waals surface area contributed by atoms with Gasteiger partial charge in [-0.25, -0.2) is 0 Å². The van der Waals surface area contributed by atoms with Crippen LogP contribution in [0.3, 0.4) is 0 Å². The lowest BCUT2D eigenvalue weighted by Crippen LogP contribution is -2.12. The number of pyridine rings is 1. The number of aryl methyl sites for hydroxylation is 1. The molecule has 0 unspecified atom stereocenters. The third-order valence-electron chi connectivity index (χ3n) is 7.23. The van der Waals surface area contributed by atoms with Crippen LogP contribution in [0.5, 0.6) is 0 Å². The molecular formula is C34H33NS2. The van der Waals surface area contributed by atoms with E-state index in [2.05, 4.69) is 108 Å². The van der Waals surface area contributed by atoms with E-state index in [1.54, 1.807) is 0 Å². The van der Waals surface area contributed by atoms with Crippen molar-refractivity contribution in [2.45, 2.75) is 53.4 Å². The molecule has 3 aromatic carbocycles. The van der Waals surface area contributed by atoms with Crippen LogP contribution in [0, 0.1) is 12.8 Å². The molecule has 0 aliphatic rings. The van der Waals surface area contributed by atoms with Crippen LogP contribution in [0.1, 0.15) is 51.3 Å². The van der Waals surface area contributed by atoms with Gasteiger partial charge < -0.3 is 0 Å². The lowest BCUT2D eigenvalue weighted by atomic mass is 9.82. The summed E-state index contributed by atoms with van der Waals surface area (Å²) in [5.41, 5.74) is 6.48. The number of benzene rings is 3. The highest BCUT2D eigenvalue weighted by Crippen LogP contribution is 2.46. The summed E-state index contributed by atoms with van der Waals surface area (Å²) < 4.78 is 2.67. The first-order valence-electron chi connectivity index (χ1n) is 13.1. The van der Waals surface area contributed by atoms with E-state index in [9.17, 15) is 0 Å². The zero-order valence-electron chi connectivity index (χ0n) is 22.5. The number of rotatable bonds is 4. The zero-order chi connectivity index (χ0) is 25.9. The van der Waals surface area contributed by atoms with Gasteiger partial charge in [0.05, 0.1) is 5.69 Å². The van der Waals surface area contributed by atoms with Gasteiger partial charge in [0.25, 0.3) is 0 Å². The van der Waals surface area contributed by atoms with E-state index < -0.39 is 0 Å². The second-order valence-electron chi connectivity index (χ2n) is 11.7. The maximum absolute atomic E-state index is 4.97. The summed E-state index contributed by atoms with van der Waals surface area (Å²) in [5.74, 6) is 0.667. The van der Waals surface area contributed by atoms with Crippen LogP contribution in [0.15, 0.2) is 72.9 Å². The predicted octanol–water partition coefficient (Wildman–Crippen LogP) is 10.8. The number of nitrogens with zero attached hydrogens (tertiary/aromatic N) is 1. The molecule has 37 heavy (non-hydrogen) atoms. The molecule has 0 radical (unpaired) electrons. The van der Waals surface area contributed by atoms with Gasteiger partial charge in [-0.2, -0.15) is 0 Å². The van der Waals surface area contributed by atoms with Crippen molar-refractivity contribution in [3.8, 4) is 21.0 Å². The molecule has 1 nitrogen and oxygen atoms in total. The number of fused-ring (bicyclic) bond motifs is 3. The Bertz CT molecular complexity index is 1780. The molecule has 0 bridgehead atoms. The van der Waals surface area contributed by atoms with Crippen molar-refractivity contribution >= 4 is 53.6 Å². The second-order valence-corrected chi connectivity index (χ2v) is 13.8. The number of aromatic nitrogens is 1. The Hall–Kier alpha value is -3.01. The highest BCUT2D eigenvalue weighted by molar-refractivity contribution is 7.28. The first kappa shape index (κ1) is 24.3. The van der Waals surface area contributed by atoms with E-state index in [4.69, 9.17) is 4.98 Å². The molecule has 0 fully saturated rings. The third-order valence-corrected chi connectivity index (χ3v) is 9.79. The summed E-state index contributed by atoms with van der Waals surface area (Å²) in [6.45, 7) is 13.8. The molecule has 0 amide bonds. The molecule has 186 valence electrons. The van der Waals surface area contributed by atoms with Gasteiger partial charge in [-0.3, -0.25) is 4.98 Å². The van der Waals surface area contributed by atoms with E-state index >= 15 is 0 Å².